The van der Waals surface area contributed by atoms with E-state index < -0.39 is 5.60 Å². The van der Waals surface area contributed by atoms with Crippen molar-refractivity contribution < 1.29 is 14.3 Å². The first kappa shape index (κ1) is 18.3. The maximum atomic E-state index is 12.7. The van der Waals surface area contributed by atoms with E-state index in [1.54, 1.807) is 4.90 Å². The van der Waals surface area contributed by atoms with Gasteiger partial charge in [0.25, 0.3) is 0 Å². The number of carbonyl (C=O) groups is 2. The van der Waals surface area contributed by atoms with Gasteiger partial charge in [-0.25, -0.2) is 14.6 Å². The summed E-state index contributed by atoms with van der Waals surface area (Å²) in [6, 6.07) is 7.33. The van der Waals surface area contributed by atoms with Gasteiger partial charge in [-0.3, -0.25) is 5.10 Å². The van der Waals surface area contributed by atoms with Crippen LogP contribution in [-0.4, -0.2) is 57.4 Å². The molecular formula is C19H24N6O3. The van der Waals surface area contributed by atoms with Crippen molar-refractivity contribution in [2.75, 3.05) is 25.0 Å². The van der Waals surface area contributed by atoms with Crippen LogP contribution in [0.15, 0.2) is 24.3 Å². The molecule has 2 aliphatic rings. The lowest BCUT2D eigenvalue weighted by molar-refractivity contribution is 0.0454. The van der Waals surface area contributed by atoms with E-state index in [2.05, 4.69) is 25.8 Å². The van der Waals surface area contributed by atoms with Crippen LogP contribution >= 0.6 is 0 Å². The van der Waals surface area contributed by atoms with Crippen molar-refractivity contribution in [3.05, 3.63) is 30.1 Å². The van der Waals surface area contributed by atoms with Gasteiger partial charge in [0.1, 0.15) is 11.4 Å². The van der Waals surface area contributed by atoms with Crippen molar-refractivity contribution in [2.24, 2.45) is 0 Å². The second kappa shape index (κ2) is 7.49. The number of benzene rings is 1. The zero-order chi connectivity index (χ0) is 19.6. The molecule has 2 aliphatic heterocycles. The SMILES string of the molecule is CCc1nc(-c2cccc(NC(=O)N3CCC[C@@]4(CC3)CNC(=O)O4)c2)n[nH]1. The highest BCUT2D eigenvalue weighted by atomic mass is 16.6. The van der Waals surface area contributed by atoms with Crippen molar-refractivity contribution in [1.29, 1.82) is 0 Å². The molecule has 9 heteroatoms. The van der Waals surface area contributed by atoms with Gasteiger partial charge in [0, 0.05) is 37.2 Å². The highest BCUT2D eigenvalue weighted by Gasteiger charge is 2.41. The van der Waals surface area contributed by atoms with Crippen LogP contribution in [0.3, 0.4) is 0 Å². The molecule has 0 bridgehead atoms. The van der Waals surface area contributed by atoms with Gasteiger partial charge in [-0.2, -0.15) is 5.10 Å². The van der Waals surface area contributed by atoms with Crippen LogP contribution in [0.4, 0.5) is 15.3 Å². The standard InChI is InChI=1S/C19H24N6O3/c1-2-15-22-16(24-23-15)13-5-3-6-14(11-13)21-17(26)25-9-4-7-19(8-10-25)12-20-18(27)28-19/h3,5-6,11H,2,4,7-10,12H2,1H3,(H,20,27)(H,21,26)(H,22,23,24)/t19-/m1/s1. The number of urea groups is 1. The van der Waals surface area contributed by atoms with E-state index in [0.29, 0.717) is 37.6 Å². The van der Waals surface area contributed by atoms with E-state index >= 15 is 0 Å². The summed E-state index contributed by atoms with van der Waals surface area (Å²) in [6.45, 7) is 3.70. The molecule has 0 aliphatic carbocycles. The Labute approximate surface area is 162 Å². The minimum Gasteiger partial charge on any atom is -0.441 e. The number of rotatable bonds is 3. The van der Waals surface area contributed by atoms with Crippen LogP contribution in [0, 0.1) is 0 Å². The van der Waals surface area contributed by atoms with E-state index in [-0.39, 0.29) is 12.1 Å². The third-order valence-electron chi connectivity index (χ3n) is 5.29. The molecule has 1 aromatic carbocycles. The predicted octanol–water partition coefficient (Wildman–Crippen LogP) is 2.53. The highest BCUT2D eigenvalue weighted by Crippen LogP contribution is 2.29. The monoisotopic (exact) mass is 384 g/mol. The Morgan fingerprint density at radius 3 is 3.00 bits per heavy atom. The first-order valence-corrected chi connectivity index (χ1v) is 9.61. The number of H-pyrrole nitrogens is 1. The average Bonchev–Trinajstić information content (AvgIpc) is 3.26. The normalized spacial score (nSPS) is 21.9. The van der Waals surface area contributed by atoms with Crippen LogP contribution < -0.4 is 10.6 Å². The molecule has 0 saturated carbocycles. The molecule has 2 aromatic rings. The maximum Gasteiger partial charge on any atom is 0.407 e. The Balaban J connectivity index is 1.41. The molecule has 28 heavy (non-hydrogen) atoms. The van der Waals surface area contributed by atoms with Crippen LogP contribution in [-0.2, 0) is 11.2 Å². The number of likely N-dealkylation sites (tertiary alicyclic amines) is 1. The molecule has 4 rings (SSSR count). The molecule has 1 atom stereocenters. The number of hydrogen-bond donors (Lipinski definition) is 3. The predicted molar refractivity (Wildman–Crippen MR) is 103 cm³/mol. The summed E-state index contributed by atoms with van der Waals surface area (Å²) in [5, 5.41) is 12.8. The van der Waals surface area contributed by atoms with Crippen molar-refractivity contribution in [3.63, 3.8) is 0 Å². The Hall–Kier alpha value is -3.10. The first-order chi connectivity index (χ1) is 13.6. The van der Waals surface area contributed by atoms with Gasteiger partial charge in [0.05, 0.1) is 6.54 Å². The fourth-order valence-corrected chi connectivity index (χ4v) is 3.67. The smallest absolute Gasteiger partial charge is 0.407 e. The second-order valence-electron chi connectivity index (χ2n) is 7.24. The summed E-state index contributed by atoms with van der Waals surface area (Å²) in [4.78, 5) is 30.4. The van der Waals surface area contributed by atoms with Gasteiger partial charge in [-0.1, -0.05) is 19.1 Å². The fourth-order valence-electron chi connectivity index (χ4n) is 3.67. The molecule has 1 spiro atoms. The van der Waals surface area contributed by atoms with Gasteiger partial charge >= 0.3 is 12.1 Å². The van der Waals surface area contributed by atoms with Gasteiger partial charge in [0.2, 0.25) is 0 Å². The van der Waals surface area contributed by atoms with Gasteiger partial charge in [0.15, 0.2) is 5.82 Å². The Bertz CT molecular complexity index is 882. The van der Waals surface area contributed by atoms with Gasteiger partial charge in [-0.05, 0) is 25.0 Å². The van der Waals surface area contributed by atoms with Crippen molar-refractivity contribution in [1.82, 2.24) is 25.4 Å². The van der Waals surface area contributed by atoms with Gasteiger partial charge in [-0.15, -0.1) is 0 Å². The molecule has 148 valence electrons. The Morgan fingerprint density at radius 1 is 1.36 bits per heavy atom. The Kier molecular flexibility index (Phi) is 4.89. The molecule has 2 saturated heterocycles. The number of anilines is 1. The molecule has 3 amide bonds. The third-order valence-corrected chi connectivity index (χ3v) is 5.29. The van der Waals surface area contributed by atoms with E-state index in [4.69, 9.17) is 4.74 Å². The topological polar surface area (TPSA) is 112 Å². The van der Waals surface area contributed by atoms with Crippen molar-refractivity contribution >= 4 is 17.8 Å². The zero-order valence-electron chi connectivity index (χ0n) is 15.8. The number of amides is 3. The zero-order valence-corrected chi connectivity index (χ0v) is 15.8. The highest BCUT2D eigenvalue weighted by molar-refractivity contribution is 5.90. The fraction of sp³-hybridized carbons (Fsp3) is 0.474. The van der Waals surface area contributed by atoms with Crippen molar-refractivity contribution in [2.45, 2.75) is 38.2 Å². The quantitative estimate of drug-likeness (QED) is 0.753. The molecule has 2 fully saturated rings. The Morgan fingerprint density at radius 2 is 2.25 bits per heavy atom. The van der Waals surface area contributed by atoms with E-state index in [9.17, 15) is 9.59 Å². The number of nitrogens with zero attached hydrogens (tertiary/aromatic N) is 3. The summed E-state index contributed by atoms with van der Waals surface area (Å²) in [6.07, 6.45) is 2.60. The summed E-state index contributed by atoms with van der Waals surface area (Å²) < 4.78 is 5.47. The lowest BCUT2D eigenvalue weighted by Gasteiger charge is -2.25. The number of carbonyl (C=O) groups excluding carboxylic acids is 2. The summed E-state index contributed by atoms with van der Waals surface area (Å²) in [7, 11) is 0. The van der Waals surface area contributed by atoms with Crippen molar-refractivity contribution in [3.8, 4) is 11.4 Å². The summed E-state index contributed by atoms with van der Waals surface area (Å²) in [5.74, 6) is 1.44. The largest absolute Gasteiger partial charge is 0.441 e. The number of aromatic nitrogens is 3. The number of hydrogen-bond acceptors (Lipinski definition) is 5. The minimum atomic E-state index is -0.478. The number of alkyl carbamates (subject to hydrolysis) is 1. The second-order valence-corrected chi connectivity index (χ2v) is 7.24. The third kappa shape index (κ3) is 3.78. The molecule has 9 nitrogen and oxygen atoms in total. The van der Waals surface area contributed by atoms with E-state index in [1.165, 1.54) is 0 Å². The summed E-state index contributed by atoms with van der Waals surface area (Å²) in [5.41, 5.74) is 1.06. The van der Waals surface area contributed by atoms with E-state index in [0.717, 1.165) is 30.7 Å². The lowest BCUT2D eigenvalue weighted by Crippen LogP contribution is -2.38. The number of aromatic amines is 1. The van der Waals surface area contributed by atoms with E-state index in [1.807, 2.05) is 31.2 Å². The molecule has 0 unspecified atom stereocenters. The molecule has 3 N–H and O–H groups in total. The van der Waals surface area contributed by atoms with Crippen LogP contribution in [0.25, 0.3) is 11.4 Å². The molecule has 1 aromatic heterocycles. The first-order valence-electron chi connectivity index (χ1n) is 9.61. The van der Waals surface area contributed by atoms with Crippen LogP contribution in [0.5, 0.6) is 0 Å². The van der Waals surface area contributed by atoms with Crippen LogP contribution in [0.2, 0.25) is 0 Å². The van der Waals surface area contributed by atoms with Gasteiger partial charge < -0.3 is 20.3 Å². The number of aryl methyl sites for hydroxylation is 1. The summed E-state index contributed by atoms with van der Waals surface area (Å²) >= 11 is 0. The lowest BCUT2D eigenvalue weighted by atomic mass is 9.95. The number of ether oxygens (including phenoxy) is 1. The average molecular weight is 384 g/mol. The van der Waals surface area contributed by atoms with Crippen LogP contribution in [0.1, 0.15) is 32.0 Å². The molecular weight excluding hydrogens is 360 g/mol. The maximum absolute atomic E-state index is 12.7. The number of nitrogens with one attached hydrogen (secondary N) is 3. The minimum absolute atomic E-state index is 0.157. The molecule has 0 radical (unpaired) electrons. The molecule has 3 heterocycles.